The fourth-order valence-electron chi connectivity index (χ4n) is 2.33. The second kappa shape index (κ2) is 6.40. The Morgan fingerprint density at radius 3 is 2.83 bits per heavy atom. The van der Waals surface area contributed by atoms with Crippen LogP contribution in [-0.2, 0) is 11.3 Å². The molecule has 0 radical (unpaired) electrons. The van der Waals surface area contributed by atoms with Gasteiger partial charge in [0.25, 0.3) is 5.91 Å². The van der Waals surface area contributed by atoms with E-state index in [9.17, 15) is 9.18 Å². The van der Waals surface area contributed by atoms with Gasteiger partial charge in [-0.1, -0.05) is 29.8 Å². The molecule has 0 saturated heterocycles. The van der Waals surface area contributed by atoms with Gasteiger partial charge in [0.15, 0.2) is 5.76 Å². The van der Waals surface area contributed by atoms with Crippen LogP contribution in [0.2, 0.25) is 5.02 Å². The number of amides is 1. The fourth-order valence-corrected chi connectivity index (χ4v) is 2.51. The summed E-state index contributed by atoms with van der Waals surface area (Å²) < 4.78 is 24.0. The normalized spacial score (nSPS) is 10.9. The summed E-state index contributed by atoms with van der Waals surface area (Å²) in [5.74, 6) is -0.835. The standard InChI is InChI=1S/C17H13ClFNO3/c1-22-9-12-11-4-2-3-5-15(11)23-16(12)17(21)20-10-6-7-14(19)13(18)8-10/h2-8H,9H2,1H3,(H,20,21). The van der Waals surface area contributed by atoms with Crippen LogP contribution < -0.4 is 5.32 Å². The van der Waals surface area contributed by atoms with E-state index in [1.165, 1.54) is 18.2 Å². The highest BCUT2D eigenvalue weighted by Crippen LogP contribution is 2.28. The summed E-state index contributed by atoms with van der Waals surface area (Å²) in [6.45, 7) is 0.240. The van der Waals surface area contributed by atoms with E-state index in [1.807, 2.05) is 18.2 Å². The van der Waals surface area contributed by atoms with E-state index < -0.39 is 11.7 Å². The van der Waals surface area contributed by atoms with Crippen LogP contribution in [0.15, 0.2) is 46.9 Å². The lowest BCUT2D eigenvalue weighted by molar-refractivity contribution is 0.0992. The molecule has 1 aromatic heterocycles. The average molecular weight is 334 g/mol. The van der Waals surface area contributed by atoms with Crippen molar-refractivity contribution in [2.75, 3.05) is 12.4 Å². The Hall–Kier alpha value is -2.37. The van der Waals surface area contributed by atoms with Gasteiger partial charge in [-0.2, -0.15) is 0 Å². The Balaban J connectivity index is 1.96. The zero-order valence-corrected chi connectivity index (χ0v) is 13.0. The summed E-state index contributed by atoms with van der Waals surface area (Å²) in [6.07, 6.45) is 0. The summed E-state index contributed by atoms with van der Waals surface area (Å²) in [5.41, 5.74) is 1.64. The Labute approximate surface area is 136 Å². The van der Waals surface area contributed by atoms with Crippen molar-refractivity contribution < 1.29 is 18.3 Å². The number of nitrogens with one attached hydrogen (secondary N) is 1. The largest absolute Gasteiger partial charge is 0.451 e. The third-order valence-corrected chi connectivity index (χ3v) is 3.66. The van der Waals surface area contributed by atoms with Crippen molar-refractivity contribution in [1.82, 2.24) is 0 Å². The maximum Gasteiger partial charge on any atom is 0.291 e. The van der Waals surface area contributed by atoms with Crippen LogP contribution >= 0.6 is 11.6 Å². The number of rotatable bonds is 4. The summed E-state index contributed by atoms with van der Waals surface area (Å²) in [4.78, 5) is 12.5. The first-order valence-corrected chi connectivity index (χ1v) is 7.23. The molecule has 4 nitrogen and oxygen atoms in total. The predicted molar refractivity (Wildman–Crippen MR) is 86.3 cm³/mol. The minimum Gasteiger partial charge on any atom is -0.451 e. The molecule has 0 atom stereocenters. The molecule has 3 aromatic rings. The number of hydrogen-bond donors (Lipinski definition) is 1. The fraction of sp³-hybridized carbons (Fsp3) is 0.118. The lowest BCUT2D eigenvalue weighted by Gasteiger charge is -2.06. The maximum atomic E-state index is 13.2. The number of carbonyl (C=O) groups is 1. The van der Waals surface area contributed by atoms with Crippen LogP contribution in [0.25, 0.3) is 11.0 Å². The van der Waals surface area contributed by atoms with Gasteiger partial charge in [0, 0.05) is 23.7 Å². The highest BCUT2D eigenvalue weighted by atomic mass is 35.5. The van der Waals surface area contributed by atoms with E-state index in [4.69, 9.17) is 20.8 Å². The molecule has 0 unspecified atom stereocenters. The van der Waals surface area contributed by atoms with Crippen molar-refractivity contribution in [3.05, 3.63) is 64.6 Å². The Morgan fingerprint density at radius 1 is 1.30 bits per heavy atom. The quantitative estimate of drug-likeness (QED) is 0.757. The number of ether oxygens (including phenoxy) is 1. The number of halogens is 2. The van der Waals surface area contributed by atoms with Gasteiger partial charge in [-0.25, -0.2) is 4.39 Å². The maximum absolute atomic E-state index is 13.2. The molecule has 0 spiro atoms. The zero-order chi connectivity index (χ0) is 16.4. The minimum absolute atomic E-state index is 0.0653. The highest BCUT2D eigenvalue weighted by molar-refractivity contribution is 6.31. The molecule has 0 saturated carbocycles. The molecule has 2 aromatic carbocycles. The van der Waals surface area contributed by atoms with Gasteiger partial charge in [-0.3, -0.25) is 4.79 Å². The summed E-state index contributed by atoms with van der Waals surface area (Å²) in [7, 11) is 1.54. The molecule has 23 heavy (non-hydrogen) atoms. The van der Waals surface area contributed by atoms with Gasteiger partial charge in [0.05, 0.1) is 11.6 Å². The second-order valence-corrected chi connectivity index (χ2v) is 5.33. The van der Waals surface area contributed by atoms with Crippen LogP contribution in [0, 0.1) is 5.82 Å². The monoisotopic (exact) mass is 333 g/mol. The zero-order valence-electron chi connectivity index (χ0n) is 12.2. The lowest BCUT2D eigenvalue weighted by atomic mass is 10.1. The van der Waals surface area contributed by atoms with Gasteiger partial charge in [0.1, 0.15) is 11.4 Å². The second-order valence-electron chi connectivity index (χ2n) is 4.92. The van der Waals surface area contributed by atoms with Crippen molar-refractivity contribution in [2.45, 2.75) is 6.61 Å². The van der Waals surface area contributed by atoms with E-state index in [0.29, 0.717) is 16.8 Å². The lowest BCUT2D eigenvalue weighted by Crippen LogP contribution is -2.13. The number of para-hydroxylation sites is 1. The smallest absolute Gasteiger partial charge is 0.291 e. The first kappa shape index (κ1) is 15.5. The van der Waals surface area contributed by atoms with E-state index in [1.54, 1.807) is 13.2 Å². The Morgan fingerprint density at radius 2 is 2.09 bits per heavy atom. The van der Waals surface area contributed by atoms with Crippen molar-refractivity contribution in [2.24, 2.45) is 0 Å². The number of methoxy groups -OCH3 is 1. The third kappa shape index (κ3) is 3.06. The van der Waals surface area contributed by atoms with E-state index in [-0.39, 0.29) is 17.4 Å². The number of fused-ring (bicyclic) bond motifs is 1. The Bertz CT molecular complexity index is 875. The van der Waals surface area contributed by atoms with E-state index >= 15 is 0 Å². The molecule has 0 fully saturated rings. The molecule has 118 valence electrons. The summed E-state index contributed by atoms with van der Waals surface area (Å²) in [5, 5.41) is 3.40. The number of furan rings is 1. The number of hydrogen-bond acceptors (Lipinski definition) is 3. The summed E-state index contributed by atoms with van der Waals surface area (Å²) >= 11 is 5.72. The molecule has 6 heteroatoms. The molecule has 3 rings (SSSR count). The van der Waals surface area contributed by atoms with Crippen LogP contribution in [-0.4, -0.2) is 13.0 Å². The predicted octanol–water partition coefficient (Wildman–Crippen LogP) is 4.62. The molecule has 1 heterocycles. The van der Waals surface area contributed by atoms with E-state index in [2.05, 4.69) is 5.32 Å². The van der Waals surface area contributed by atoms with E-state index in [0.717, 1.165) is 5.39 Å². The number of benzene rings is 2. The third-order valence-electron chi connectivity index (χ3n) is 3.37. The topological polar surface area (TPSA) is 51.5 Å². The molecule has 0 bridgehead atoms. The summed E-state index contributed by atoms with van der Waals surface area (Å²) in [6, 6.07) is 11.3. The molecule has 0 aliphatic heterocycles. The van der Waals surface area contributed by atoms with Crippen molar-refractivity contribution in [3.63, 3.8) is 0 Å². The SMILES string of the molecule is COCc1c(C(=O)Nc2ccc(F)c(Cl)c2)oc2ccccc12. The molecule has 0 aliphatic rings. The van der Waals surface area contributed by atoms with Gasteiger partial charge in [0.2, 0.25) is 0 Å². The van der Waals surface area contributed by atoms with Gasteiger partial charge in [-0.05, 0) is 24.3 Å². The van der Waals surface area contributed by atoms with Gasteiger partial charge in [-0.15, -0.1) is 0 Å². The first-order chi connectivity index (χ1) is 11.1. The molecular formula is C17H13ClFNO3. The first-order valence-electron chi connectivity index (χ1n) is 6.86. The van der Waals surface area contributed by atoms with Crippen LogP contribution in [0.4, 0.5) is 10.1 Å². The number of carbonyl (C=O) groups excluding carboxylic acids is 1. The van der Waals surface area contributed by atoms with Crippen molar-refractivity contribution in [1.29, 1.82) is 0 Å². The molecule has 1 amide bonds. The van der Waals surface area contributed by atoms with Crippen LogP contribution in [0.1, 0.15) is 16.1 Å². The van der Waals surface area contributed by atoms with Crippen molar-refractivity contribution in [3.8, 4) is 0 Å². The van der Waals surface area contributed by atoms with Crippen LogP contribution in [0.3, 0.4) is 0 Å². The van der Waals surface area contributed by atoms with Gasteiger partial charge >= 0.3 is 0 Å². The molecule has 0 aliphatic carbocycles. The molecular weight excluding hydrogens is 321 g/mol. The Kier molecular flexibility index (Phi) is 4.32. The van der Waals surface area contributed by atoms with Gasteiger partial charge < -0.3 is 14.5 Å². The van der Waals surface area contributed by atoms with Crippen LogP contribution in [0.5, 0.6) is 0 Å². The van der Waals surface area contributed by atoms with Crippen molar-refractivity contribution >= 4 is 34.2 Å². The highest BCUT2D eigenvalue weighted by Gasteiger charge is 2.20. The minimum atomic E-state index is -0.548. The average Bonchev–Trinajstić information content (AvgIpc) is 2.90. The molecule has 1 N–H and O–H groups in total. The number of anilines is 1.